The Morgan fingerprint density at radius 3 is 2.71 bits per heavy atom. The van der Waals surface area contributed by atoms with E-state index in [1.807, 2.05) is 19.1 Å². The predicted octanol–water partition coefficient (Wildman–Crippen LogP) is 1.72. The number of ether oxygens (including phenoxy) is 1. The molecule has 0 unspecified atom stereocenters. The van der Waals surface area contributed by atoms with Gasteiger partial charge in [-0.25, -0.2) is 8.78 Å². The van der Waals surface area contributed by atoms with Crippen LogP contribution in [0, 0.1) is 6.92 Å². The van der Waals surface area contributed by atoms with E-state index < -0.39 is 19.1 Å². The van der Waals surface area contributed by atoms with Crippen LogP contribution in [0.15, 0.2) is 18.2 Å². The lowest BCUT2D eigenvalue weighted by Crippen LogP contribution is -2.35. The third kappa shape index (κ3) is 4.28. The molecule has 0 saturated heterocycles. The summed E-state index contributed by atoms with van der Waals surface area (Å²) in [5.41, 5.74) is 1.86. The standard InChI is InChI=1S/C12H17F2NO2/c1-9-3-4-11(17-2)10(5-9)6-15-7-12(13,14)8-16/h3-5,15-16H,6-8H2,1-2H3. The van der Waals surface area contributed by atoms with Gasteiger partial charge in [-0.2, -0.15) is 0 Å². The fraction of sp³-hybridized carbons (Fsp3) is 0.500. The monoisotopic (exact) mass is 245 g/mol. The van der Waals surface area contributed by atoms with Crippen molar-refractivity contribution in [1.82, 2.24) is 5.32 Å². The summed E-state index contributed by atoms with van der Waals surface area (Å²) in [5.74, 6) is -2.42. The van der Waals surface area contributed by atoms with Gasteiger partial charge in [-0.3, -0.25) is 0 Å². The SMILES string of the molecule is COc1ccc(C)cc1CNCC(F)(F)CO. The van der Waals surface area contributed by atoms with Crippen molar-refractivity contribution >= 4 is 0 Å². The Morgan fingerprint density at radius 1 is 1.41 bits per heavy atom. The molecule has 0 aliphatic heterocycles. The van der Waals surface area contributed by atoms with E-state index in [-0.39, 0.29) is 6.54 Å². The molecule has 0 amide bonds. The van der Waals surface area contributed by atoms with Crippen LogP contribution in [-0.2, 0) is 6.54 Å². The molecular weight excluding hydrogens is 228 g/mol. The minimum atomic E-state index is -3.09. The molecular formula is C12H17F2NO2. The summed E-state index contributed by atoms with van der Waals surface area (Å²) < 4.78 is 30.7. The maximum atomic E-state index is 12.8. The van der Waals surface area contributed by atoms with Crippen LogP contribution in [0.3, 0.4) is 0 Å². The third-order valence-corrected chi connectivity index (χ3v) is 2.37. The highest BCUT2D eigenvalue weighted by atomic mass is 19.3. The molecule has 0 aliphatic rings. The maximum Gasteiger partial charge on any atom is 0.282 e. The minimum Gasteiger partial charge on any atom is -0.496 e. The number of nitrogens with one attached hydrogen (secondary N) is 1. The second-order valence-corrected chi connectivity index (χ2v) is 3.93. The fourth-order valence-corrected chi connectivity index (χ4v) is 1.48. The van der Waals surface area contributed by atoms with Crippen LogP contribution >= 0.6 is 0 Å². The smallest absolute Gasteiger partial charge is 0.282 e. The Bertz CT molecular complexity index is 370. The first kappa shape index (κ1) is 13.9. The van der Waals surface area contributed by atoms with Crippen LogP contribution in [-0.4, -0.2) is 31.3 Å². The molecule has 0 atom stereocenters. The largest absolute Gasteiger partial charge is 0.496 e. The molecule has 0 heterocycles. The first-order valence-corrected chi connectivity index (χ1v) is 5.31. The number of halogens is 2. The number of aliphatic hydroxyl groups excluding tert-OH is 1. The van der Waals surface area contributed by atoms with Gasteiger partial charge in [0.2, 0.25) is 0 Å². The second-order valence-electron chi connectivity index (χ2n) is 3.93. The molecule has 17 heavy (non-hydrogen) atoms. The van der Waals surface area contributed by atoms with Crippen molar-refractivity contribution < 1.29 is 18.6 Å². The average Bonchev–Trinajstić information content (AvgIpc) is 2.29. The normalized spacial score (nSPS) is 11.6. The number of benzene rings is 1. The van der Waals surface area contributed by atoms with Gasteiger partial charge < -0.3 is 15.2 Å². The van der Waals surface area contributed by atoms with Crippen LogP contribution in [0.4, 0.5) is 8.78 Å². The number of aryl methyl sites for hydroxylation is 1. The molecule has 0 bridgehead atoms. The number of hydrogen-bond donors (Lipinski definition) is 2. The molecule has 96 valence electrons. The molecule has 0 fully saturated rings. The lowest BCUT2D eigenvalue weighted by molar-refractivity contribution is -0.0477. The van der Waals surface area contributed by atoms with Crippen molar-refractivity contribution in [3.8, 4) is 5.75 Å². The van der Waals surface area contributed by atoms with Gasteiger partial charge in [-0.1, -0.05) is 17.7 Å². The summed E-state index contributed by atoms with van der Waals surface area (Å²) in [6.07, 6.45) is 0. The van der Waals surface area contributed by atoms with E-state index in [2.05, 4.69) is 5.32 Å². The zero-order chi connectivity index (χ0) is 12.9. The lowest BCUT2D eigenvalue weighted by atomic mass is 10.1. The Morgan fingerprint density at radius 2 is 2.12 bits per heavy atom. The summed E-state index contributed by atoms with van der Waals surface area (Å²) in [4.78, 5) is 0. The van der Waals surface area contributed by atoms with Crippen LogP contribution < -0.4 is 10.1 Å². The molecule has 0 radical (unpaired) electrons. The zero-order valence-corrected chi connectivity index (χ0v) is 9.96. The Kier molecular flexibility index (Phi) is 4.84. The third-order valence-electron chi connectivity index (χ3n) is 2.37. The fourth-order valence-electron chi connectivity index (χ4n) is 1.48. The lowest BCUT2D eigenvalue weighted by Gasteiger charge is -2.15. The summed E-state index contributed by atoms with van der Waals surface area (Å²) in [6, 6.07) is 5.57. The average molecular weight is 245 g/mol. The predicted molar refractivity (Wildman–Crippen MR) is 61.5 cm³/mol. The molecule has 1 aromatic rings. The van der Waals surface area contributed by atoms with Crippen molar-refractivity contribution in [2.45, 2.75) is 19.4 Å². The van der Waals surface area contributed by atoms with Crippen molar-refractivity contribution in [3.63, 3.8) is 0 Å². The van der Waals surface area contributed by atoms with Gasteiger partial charge >= 0.3 is 0 Å². The highest BCUT2D eigenvalue weighted by Gasteiger charge is 2.26. The first-order chi connectivity index (χ1) is 7.98. The van der Waals surface area contributed by atoms with Crippen molar-refractivity contribution in [1.29, 1.82) is 0 Å². The highest BCUT2D eigenvalue weighted by molar-refractivity contribution is 5.36. The van der Waals surface area contributed by atoms with E-state index >= 15 is 0 Å². The van der Waals surface area contributed by atoms with Gasteiger partial charge in [0.15, 0.2) is 0 Å². The van der Waals surface area contributed by atoms with Gasteiger partial charge in [-0.05, 0) is 13.0 Å². The molecule has 2 N–H and O–H groups in total. The molecule has 0 saturated carbocycles. The van der Waals surface area contributed by atoms with E-state index in [9.17, 15) is 8.78 Å². The molecule has 0 spiro atoms. The van der Waals surface area contributed by atoms with Crippen molar-refractivity contribution in [2.24, 2.45) is 0 Å². The number of aliphatic hydroxyl groups is 1. The van der Waals surface area contributed by atoms with Gasteiger partial charge in [0.25, 0.3) is 5.92 Å². The molecule has 3 nitrogen and oxygen atoms in total. The van der Waals surface area contributed by atoms with Crippen LogP contribution in [0.25, 0.3) is 0 Å². The van der Waals surface area contributed by atoms with Crippen molar-refractivity contribution in [2.75, 3.05) is 20.3 Å². The van der Waals surface area contributed by atoms with Gasteiger partial charge in [0, 0.05) is 12.1 Å². The van der Waals surface area contributed by atoms with Crippen LogP contribution in [0.2, 0.25) is 0 Å². The quantitative estimate of drug-likeness (QED) is 0.802. The summed E-state index contributed by atoms with van der Waals surface area (Å²) >= 11 is 0. The van der Waals surface area contributed by atoms with E-state index in [0.717, 1.165) is 11.1 Å². The number of methoxy groups -OCH3 is 1. The maximum absolute atomic E-state index is 12.8. The van der Waals surface area contributed by atoms with Crippen LogP contribution in [0.5, 0.6) is 5.75 Å². The van der Waals surface area contributed by atoms with E-state index in [1.165, 1.54) is 7.11 Å². The zero-order valence-electron chi connectivity index (χ0n) is 9.96. The van der Waals surface area contributed by atoms with Gasteiger partial charge in [-0.15, -0.1) is 0 Å². The first-order valence-electron chi connectivity index (χ1n) is 5.31. The molecule has 0 aromatic heterocycles. The topological polar surface area (TPSA) is 41.5 Å². The van der Waals surface area contributed by atoms with E-state index in [4.69, 9.17) is 9.84 Å². The van der Waals surface area contributed by atoms with Crippen LogP contribution in [0.1, 0.15) is 11.1 Å². The molecule has 1 aromatic carbocycles. The molecule has 1 rings (SSSR count). The number of rotatable bonds is 6. The Hall–Kier alpha value is -1.20. The number of alkyl halides is 2. The molecule has 0 aliphatic carbocycles. The van der Waals surface area contributed by atoms with Gasteiger partial charge in [0.05, 0.1) is 13.7 Å². The van der Waals surface area contributed by atoms with E-state index in [0.29, 0.717) is 5.75 Å². The summed E-state index contributed by atoms with van der Waals surface area (Å²) in [7, 11) is 1.54. The summed E-state index contributed by atoms with van der Waals surface area (Å²) in [5, 5.41) is 11.0. The molecule has 5 heteroatoms. The highest BCUT2D eigenvalue weighted by Crippen LogP contribution is 2.19. The Labute approximate surface area is 99.4 Å². The van der Waals surface area contributed by atoms with Crippen molar-refractivity contribution in [3.05, 3.63) is 29.3 Å². The number of hydrogen-bond acceptors (Lipinski definition) is 3. The summed E-state index contributed by atoms with van der Waals surface area (Å²) in [6.45, 7) is 0.497. The second kappa shape index (κ2) is 5.93. The van der Waals surface area contributed by atoms with E-state index in [1.54, 1.807) is 6.07 Å². The minimum absolute atomic E-state index is 0.278. The van der Waals surface area contributed by atoms with Gasteiger partial charge in [0.1, 0.15) is 12.4 Å². The Balaban J connectivity index is 2.59.